The zero-order valence-corrected chi connectivity index (χ0v) is 14.7. The topological polar surface area (TPSA) is 64.9 Å². The Morgan fingerprint density at radius 2 is 1.83 bits per heavy atom. The van der Waals surface area contributed by atoms with Crippen molar-refractivity contribution in [3.05, 3.63) is 35.4 Å². The number of hydrogen-bond donors (Lipinski definition) is 2. The summed E-state index contributed by atoms with van der Waals surface area (Å²) in [5.74, 6) is 0.970. The second kappa shape index (κ2) is 10.0. The zero-order valence-electron chi connectivity index (χ0n) is 14.7. The summed E-state index contributed by atoms with van der Waals surface area (Å²) in [5, 5.41) is 14.5. The molecule has 4 nitrogen and oxygen atoms in total. The van der Waals surface area contributed by atoms with Crippen molar-refractivity contribution in [1.29, 1.82) is 5.26 Å². The standard InChI is InChI=1S/C19H29N3O/c1-14(2)12-16-6-8-17(9-7-16)19(15(3)4)22-13-18(23)21-11-5-10-20/h6-9,14-15,19,22H,5,11-13H2,1-4H3,(H,21,23). The molecule has 0 spiro atoms. The Morgan fingerprint density at radius 1 is 1.17 bits per heavy atom. The third-order valence-electron chi connectivity index (χ3n) is 3.69. The van der Waals surface area contributed by atoms with Gasteiger partial charge in [0.2, 0.25) is 5.91 Å². The highest BCUT2D eigenvalue weighted by molar-refractivity contribution is 5.78. The molecular weight excluding hydrogens is 286 g/mol. The van der Waals surface area contributed by atoms with Crippen molar-refractivity contribution in [3.63, 3.8) is 0 Å². The van der Waals surface area contributed by atoms with Crippen molar-refractivity contribution in [2.45, 2.75) is 46.6 Å². The molecule has 1 aromatic rings. The maximum atomic E-state index is 11.8. The van der Waals surface area contributed by atoms with Crippen molar-refractivity contribution in [3.8, 4) is 6.07 Å². The summed E-state index contributed by atoms with van der Waals surface area (Å²) in [7, 11) is 0. The Labute approximate surface area is 140 Å². The molecule has 0 bridgehead atoms. The molecule has 4 heteroatoms. The van der Waals surface area contributed by atoms with Crippen molar-refractivity contribution < 1.29 is 4.79 Å². The average Bonchev–Trinajstić information content (AvgIpc) is 2.48. The van der Waals surface area contributed by atoms with Gasteiger partial charge in [-0.1, -0.05) is 52.0 Å². The Morgan fingerprint density at radius 3 is 2.35 bits per heavy atom. The molecule has 0 fully saturated rings. The first kappa shape index (κ1) is 19.2. The lowest BCUT2D eigenvalue weighted by atomic mass is 9.94. The Balaban J connectivity index is 2.61. The number of nitrogens with zero attached hydrogens (tertiary/aromatic N) is 1. The number of nitrogens with one attached hydrogen (secondary N) is 2. The van der Waals surface area contributed by atoms with Crippen LogP contribution < -0.4 is 10.6 Å². The van der Waals surface area contributed by atoms with Gasteiger partial charge in [-0.25, -0.2) is 0 Å². The van der Waals surface area contributed by atoms with Crippen molar-refractivity contribution in [1.82, 2.24) is 10.6 Å². The lowest BCUT2D eigenvalue weighted by Crippen LogP contribution is -2.37. The van der Waals surface area contributed by atoms with Crippen molar-refractivity contribution in [2.75, 3.05) is 13.1 Å². The molecule has 0 heterocycles. The van der Waals surface area contributed by atoms with Crippen LogP contribution in [0.15, 0.2) is 24.3 Å². The van der Waals surface area contributed by atoms with Crippen LogP contribution in [0.4, 0.5) is 0 Å². The van der Waals surface area contributed by atoms with E-state index in [0.29, 0.717) is 24.8 Å². The lowest BCUT2D eigenvalue weighted by molar-refractivity contribution is -0.120. The van der Waals surface area contributed by atoms with Crippen LogP contribution in [-0.4, -0.2) is 19.0 Å². The van der Waals surface area contributed by atoms with E-state index in [0.717, 1.165) is 6.42 Å². The predicted molar refractivity (Wildman–Crippen MR) is 93.8 cm³/mol. The molecule has 23 heavy (non-hydrogen) atoms. The Kier molecular flexibility index (Phi) is 8.36. The molecule has 0 saturated carbocycles. The van der Waals surface area contributed by atoms with Crippen molar-refractivity contribution in [2.24, 2.45) is 11.8 Å². The predicted octanol–water partition coefficient (Wildman–Crippen LogP) is 3.20. The normalized spacial score (nSPS) is 12.2. The lowest BCUT2D eigenvalue weighted by Gasteiger charge is -2.23. The van der Waals surface area contributed by atoms with E-state index in [-0.39, 0.29) is 18.5 Å². The summed E-state index contributed by atoms with van der Waals surface area (Å²) >= 11 is 0. The van der Waals surface area contributed by atoms with E-state index >= 15 is 0 Å². The molecule has 2 N–H and O–H groups in total. The molecule has 0 aromatic heterocycles. The molecule has 0 aliphatic rings. The Hall–Kier alpha value is -1.86. The van der Waals surface area contributed by atoms with Gasteiger partial charge in [0.15, 0.2) is 0 Å². The highest BCUT2D eigenvalue weighted by atomic mass is 16.1. The van der Waals surface area contributed by atoms with Crippen LogP contribution >= 0.6 is 0 Å². The fourth-order valence-corrected chi connectivity index (χ4v) is 2.59. The number of carbonyl (C=O) groups excluding carboxylic acids is 1. The van der Waals surface area contributed by atoms with Crippen LogP contribution in [0.5, 0.6) is 0 Å². The maximum Gasteiger partial charge on any atom is 0.234 e. The average molecular weight is 315 g/mol. The molecular formula is C19H29N3O. The molecule has 1 unspecified atom stereocenters. The minimum Gasteiger partial charge on any atom is -0.354 e. The molecule has 0 aliphatic heterocycles. The quantitative estimate of drug-likeness (QED) is 0.688. The van der Waals surface area contributed by atoms with Crippen LogP contribution in [0.1, 0.15) is 51.3 Å². The highest BCUT2D eigenvalue weighted by Gasteiger charge is 2.16. The Bertz CT molecular complexity index is 514. The number of hydrogen-bond acceptors (Lipinski definition) is 3. The van der Waals surface area contributed by atoms with Gasteiger partial charge in [0.1, 0.15) is 0 Å². The molecule has 0 aliphatic carbocycles. The van der Waals surface area contributed by atoms with Gasteiger partial charge in [-0.15, -0.1) is 0 Å². The van der Waals surface area contributed by atoms with Gasteiger partial charge in [-0.2, -0.15) is 5.26 Å². The van der Waals surface area contributed by atoms with Crippen LogP contribution in [0.25, 0.3) is 0 Å². The molecule has 1 atom stereocenters. The highest BCUT2D eigenvalue weighted by Crippen LogP contribution is 2.22. The summed E-state index contributed by atoms with van der Waals surface area (Å²) in [4.78, 5) is 11.8. The van der Waals surface area contributed by atoms with Crippen LogP contribution in [0.3, 0.4) is 0 Å². The van der Waals surface area contributed by atoms with E-state index in [1.54, 1.807) is 0 Å². The minimum atomic E-state index is -0.0673. The summed E-state index contributed by atoms with van der Waals surface area (Å²) < 4.78 is 0. The summed E-state index contributed by atoms with van der Waals surface area (Å²) in [6, 6.07) is 10.8. The number of nitriles is 1. The van der Waals surface area contributed by atoms with Gasteiger partial charge in [0.05, 0.1) is 19.0 Å². The zero-order chi connectivity index (χ0) is 17.2. The summed E-state index contributed by atoms with van der Waals surface area (Å²) in [6.45, 7) is 9.41. The SMILES string of the molecule is CC(C)Cc1ccc(C(NCC(=O)NCCC#N)C(C)C)cc1. The van der Waals surface area contributed by atoms with E-state index in [4.69, 9.17) is 5.26 Å². The smallest absolute Gasteiger partial charge is 0.234 e. The summed E-state index contributed by atoms with van der Waals surface area (Å²) in [5.41, 5.74) is 2.55. The second-order valence-corrected chi connectivity index (χ2v) is 6.70. The monoisotopic (exact) mass is 315 g/mol. The molecule has 1 amide bonds. The number of amides is 1. The fraction of sp³-hybridized carbons (Fsp3) is 0.579. The van der Waals surface area contributed by atoms with E-state index in [2.05, 4.69) is 62.6 Å². The molecule has 0 saturated heterocycles. The first-order valence-electron chi connectivity index (χ1n) is 8.40. The van der Waals surface area contributed by atoms with E-state index in [1.807, 2.05) is 6.07 Å². The van der Waals surface area contributed by atoms with E-state index < -0.39 is 0 Å². The van der Waals surface area contributed by atoms with Gasteiger partial charge in [-0.3, -0.25) is 4.79 Å². The molecule has 1 rings (SSSR count). The van der Waals surface area contributed by atoms with Gasteiger partial charge in [-0.05, 0) is 29.4 Å². The van der Waals surface area contributed by atoms with Gasteiger partial charge >= 0.3 is 0 Å². The van der Waals surface area contributed by atoms with Crippen molar-refractivity contribution >= 4 is 5.91 Å². The van der Waals surface area contributed by atoms with Gasteiger partial charge in [0, 0.05) is 12.6 Å². The fourth-order valence-electron chi connectivity index (χ4n) is 2.59. The maximum absolute atomic E-state index is 11.8. The third kappa shape index (κ3) is 7.30. The molecule has 1 aromatic carbocycles. The number of carbonyl (C=O) groups is 1. The van der Waals surface area contributed by atoms with Crippen LogP contribution in [0, 0.1) is 23.2 Å². The van der Waals surface area contributed by atoms with Crippen LogP contribution in [0.2, 0.25) is 0 Å². The van der Waals surface area contributed by atoms with Crippen LogP contribution in [-0.2, 0) is 11.2 Å². The number of rotatable bonds is 9. The first-order valence-corrected chi connectivity index (χ1v) is 8.40. The molecule has 0 radical (unpaired) electrons. The third-order valence-corrected chi connectivity index (χ3v) is 3.69. The summed E-state index contributed by atoms with van der Waals surface area (Å²) in [6.07, 6.45) is 1.43. The second-order valence-electron chi connectivity index (χ2n) is 6.70. The number of benzene rings is 1. The molecule has 126 valence electrons. The van der Waals surface area contributed by atoms with Gasteiger partial charge < -0.3 is 10.6 Å². The minimum absolute atomic E-state index is 0.0673. The first-order chi connectivity index (χ1) is 10.9. The van der Waals surface area contributed by atoms with E-state index in [1.165, 1.54) is 11.1 Å². The van der Waals surface area contributed by atoms with Gasteiger partial charge in [0.25, 0.3) is 0 Å². The van der Waals surface area contributed by atoms with E-state index in [9.17, 15) is 4.79 Å². The largest absolute Gasteiger partial charge is 0.354 e.